The normalized spacial score (nSPS) is 17.4. The van der Waals surface area contributed by atoms with E-state index in [2.05, 4.69) is 15.7 Å². The van der Waals surface area contributed by atoms with Crippen LogP contribution >= 0.6 is 11.3 Å². The zero-order valence-corrected chi connectivity index (χ0v) is 19.6. The molecule has 2 aliphatic rings. The Kier molecular flexibility index (Phi) is 5.68. The van der Waals surface area contributed by atoms with Crippen molar-refractivity contribution in [3.8, 4) is 11.1 Å². The van der Waals surface area contributed by atoms with E-state index in [0.717, 1.165) is 44.8 Å². The molecule has 3 heterocycles. The van der Waals surface area contributed by atoms with Gasteiger partial charge in [0.2, 0.25) is 5.91 Å². The first-order valence-corrected chi connectivity index (χ1v) is 12.2. The Morgan fingerprint density at radius 3 is 2.62 bits per heavy atom. The maximum Gasteiger partial charge on any atom is 0.325 e. The number of carbonyl (C=O) groups excluding carboxylic acids is 3. The number of imide groups is 1. The maximum absolute atomic E-state index is 13.2. The van der Waals surface area contributed by atoms with Crippen LogP contribution in [0.5, 0.6) is 0 Å². The van der Waals surface area contributed by atoms with Gasteiger partial charge in [-0.15, -0.1) is 11.3 Å². The minimum absolute atomic E-state index is 0.0461. The summed E-state index contributed by atoms with van der Waals surface area (Å²) in [7, 11) is 0. The monoisotopic (exact) mass is 479 g/mol. The molecule has 4 amide bonds. The van der Waals surface area contributed by atoms with E-state index in [1.54, 1.807) is 0 Å². The van der Waals surface area contributed by atoms with Gasteiger partial charge in [0.1, 0.15) is 16.7 Å². The van der Waals surface area contributed by atoms with Crippen molar-refractivity contribution in [2.24, 2.45) is 0 Å². The highest BCUT2D eigenvalue weighted by Crippen LogP contribution is 2.35. The number of thiophene rings is 1. The van der Waals surface area contributed by atoms with E-state index < -0.39 is 17.5 Å². The van der Waals surface area contributed by atoms with Crippen LogP contribution in [0.4, 0.5) is 4.79 Å². The lowest BCUT2D eigenvalue weighted by molar-refractivity contribution is -0.132. The smallest absolute Gasteiger partial charge is 0.323 e. The number of nitrogens with zero attached hydrogens (tertiary/aromatic N) is 3. The minimum atomic E-state index is -0.817. The number of amides is 4. The summed E-state index contributed by atoms with van der Waals surface area (Å²) in [5.74, 6) is -0.742. The number of nitrogens with one attached hydrogen (secondary N) is 2. The van der Waals surface area contributed by atoms with Crippen LogP contribution in [0.3, 0.4) is 0 Å². The highest BCUT2D eigenvalue weighted by molar-refractivity contribution is 7.19. The van der Waals surface area contributed by atoms with Crippen LogP contribution in [0.25, 0.3) is 21.3 Å². The van der Waals surface area contributed by atoms with Gasteiger partial charge >= 0.3 is 6.03 Å². The van der Waals surface area contributed by atoms with Crippen LogP contribution in [0, 0.1) is 6.92 Å². The van der Waals surface area contributed by atoms with Gasteiger partial charge in [0, 0.05) is 23.4 Å². The fourth-order valence-corrected chi connectivity index (χ4v) is 5.91. The summed E-state index contributed by atoms with van der Waals surface area (Å²) in [6, 6.07) is 9.12. The molecule has 2 aromatic heterocycles. The van der Waals surface area contributed by atoms with E-state index in [9.17, 15) is 19.2 Å². The number of carbonyl (C=O) groups is 3. The highest BCUT2D eigenvalue weighted by Gasteiger charge is 2.51. The van der Waals surface area contributed by atoms with E-state index in [4.69, 9.17) is 0 Å². The molecule has 0 radical (unpaired) electrons. The zero-order chi connectivity index (χ0) is 23.9. The van der Waals surface area contributed by atoms with Crippen molar-refractivity contribution in [3.05, 3.63) is 51.9 Å². The number of fused-ring (bicyclic) bond motifs is 1. The second kappa shape index (κ2) is 8.68. The molecule has 1 saturated carbocycles. The Morgan fingerprint density at radius 1 is 1.15 bits per heavy atom. The molecule has 2 fully saturated rings. The topological polar surface area (TPSA) is 113 Å². The van der Waals surface area contributed by atoms with Gasteiger partial charge in [0.15, 0.2) is 0 Å². The molecular formula is C24H25N5O4S. The minimum Gasteiger partial charge on any atom is -0.323 e. The lowest BCUT2D eigenvalue weighted by atomic mass is 9.82. The van der Waals surface area contributed by atoms with Crippen LogP contribution in [-0.2, 0) is 9.59 Å². The van der Waals surface area contributed by atoms with E-state index in [1.807, 2.05) is 37.3 Å². The van der Waals surface area contributed by atoms with Crippen molar-refractivity contribution in [2.45, 2.75) is 51.0 Å². The zero-order valence-electron chi connectivity index (χ0n) is 18.8. The predicted molar refractivity (Wildman–Crippen MR) is 129 cm³/mol. The number of urea groups is 1. The van der Waals surface area contributed by atoms with E-state index >= 15 is 0 Å². The van der Waals surface area contributed by atoms with Gasteiger partial charge in [0.25, 0.3) is 11.5 Å². The fraction of sp³-hybridized carbons (Fsp3) is 0.375. The average molecular weight is 480 g/mol. The first kappa shape index (κ1) is 22.3. The third kappa shape index (κ3) is 3.77. The quantitative estimate of drug-likeness (QED) is 0.546. The molecule has 34 heavy (non-hydrogen) atoms. The summed E-state index contributed by atoms with van der Waals surface area (Å²) in [6.07, 6.45) is 5.27. The van der Waals surface area contributed by atoms with Gasteiger partial charge in [0.05, 0.1) is 5.39 Å². The van der Waals surface area contributed by atoms with Crippen molar-refractivity contribution in [3.63, 3.8) is 0 Å². The van der Waals surface area contributed by atoms with Crippen molar-refractivity contribution in [1.29, 1.82) is 0 Å². The van der Waals surface area contributed by atoms with E-state index in [-0.39, 0.29) is 24.4 Å². The Morgan fingerprint density at radius 2 is 1.88 bits per heavy atom. The first-order valence-electron chi connectivity index (χ1n) is 11.4. The molecule has 3 aromatic rings. The Balaban J connectivity index is 1.32. The second-order valence-electron chi connectivity index (χ2n) is 8.81. The lowest BCUT2D eigenvalue weighted by Gasteiger charge is -2.30. The van der Waals surface area contributed by atoms with Crippen molar-refractivity contribution in [2.75, 3.05) is 12.0 Å². The summed E-state index contributed by atoms with van der Waals surface area (Å²) in [5, 5.41) is 3.29. The summed E-state index contributed by atoms with van der Waals surface area (Å²) < 4.78 is 1.07. The van der Waals surface area contributed by atoms with Gasteiger partial charge < -0.3 is 5.32 Å². The molecule has 10 heteroatoms. The molecule has 0 bridgehead atoms. The Bertz CT molecular complexity index is 1340. The maximum atomic E-state index is 13.2. The molecule has 1 spiro atoms. The molecule has 1 aliphatic heterocycles. The molecular weight excluding hydrogens is 454 g/mol. The SMILES string of the molecule is Cc1sc2ncn(NC(=O)CCN3C(=O)NC4(CCCCC4)C3=O)c(=O)c2c1-c1ccccc1. The Hall–Kier alpha value is -3.53. The molecule has 9 nitrogen and oxygen atoms in total. The number of aryl methyl sites for hydroxylation is 1. The van der Waals surface area contributed by atoms with Crippen LogP contribution < -0.4 is 16.3 Å². The number of aromatic nitrogens is 2. The first-order chi connectivity index (χ1) is 16.4. The molecule has 0 atom stereocenters. The van der Waals surface area contributed by atoms with Gasteiger partial charge in [-0.2, -0.15) is 0 Å². The van der Waals surface area contributed by atoms with Crippen LogP contribution in [0.15, 0.2) is 41.5 Å². The molecule has 1 saturated heterocycles. The van der Waals surface area contributed by atoms with Gasteiger partial charge in [-0.1, -0.05) is 49.6 Å². The van der Waals surface area contributed by atoms with Crippen molar-refractivity contribution < 1.29 is 14.4 Å². The van der Waals surface area contributed by atoms with Gasteiger partial charge in [-0.05, 0) is 25.3 Å². The second-order valence-corrected chi connectivity index (χ2v) is 10.0. The molecule has 5 rings (SSSR count). The number of rotatable bonds is 5. The molecule has 0 unspecified atom stereocenters. The number of hydrogen-bond donors (Lipinski definition) is 2. The summed E-state index contributed by atoms with van der Waals surface area (Å²) in [6.45, 7) is 1.89. The third-order valence-electron chi connectivity index (χ3n) is 6.61. The van der Waals surface area contributed by atoms with E-state index in [0.29, 0.717) is 23.1 Å². The predicted octanol–water partition coefficient (Wildman–Crippen LogP) is 3.15. The summed E-state index contributed by atoms with van der Waals surface area (Å²) in [5.41, 5.74) is 3.07. The number of hydrogen-bond acceptors (Lipinski definition) is 6. The summed E-state index contributed by atoms with van der Waals surface area (Å²) >= 11 is 1.43. The molecule has 1 aromatic carbocycles. The van der Waals surface area contributed by atoms with Crippen LogP contribution in [0.2, 0.25) is 0 Å². The van der Waals surface area contributed by atoms with E-state index in [1.165, 1.54) is 17.7 Å². The average Bonchev–Trinajstić information content (AvgIpc) is 3.29. The van der Waals surface area contributed by atoms with Crippen LogP contribution in [0.1, 0.15) is 43.4 Å². The molecule has 1 aliphatic carbocycles. The van der Waals surface area contributed by atoms with Crippen molar-refractivity contribution in [1.82, 2.24) is 19.9 Å². The summed E-state index contributed by atoms with van der Waals surface area (Å²) in [4.78, 5) is 58.2. The van der Waals surface area contributed by atoms with Crippen LogP contribution in [-0.4, -0.2) is 44.5 Å². The molecule has 2 N–H and O–H groups in total. The third-order valence-corrected chi connectivity index (χ3v) is 7.63. The lowest BCUT2D eigenvalue weighted by Crippen LogP contribution is -2.48. The van der Waals surface area contributed by atoms with Crippen molar-refractivity contribution >= 4 is 39.4 Å². The standard InChI is InChI=1S/C24H25N5O4S/c1-15-18(16-8-4-2-5-9-16)19-20(34-15)25-14-29(21(19)31)27-17(30)10-13-28-22(32)24(26-23(28)33)11-6-3-7-12-24/h2,4-5,8-9,14H,3,6-7,10-13H2,1H3,(H,26,33)(H,27,30). The Labute approximate surface area is 199 Å². The highest BCUT2D eigenvalue weighted by atomic mass is 32.1. The fourth-order valence-electron chi connectivity index (χ4n) is 4.91. The van der Waals surface area contributed by atoms with Gasteiger partial charge in [-0.25, -0.2) is 14.5 Å². The van der Waals surface area contributed by atoms with Gasteiger partial charge in [-0.3, -0.25) is 24.7 Å². The molecule has 176 valence electrons. The largest absolute Gasteiger partial charge is 0.325 e. The number of benzene rings is 1.